The van der Waals surface area contributed by atoms with Crippen LogP contribution in [0.5, 0.6) is 0 Å². The van der Waals surface area contributed by atoms with Crippen molar-refractivity contribution < 1.29 is 9.18 Å². The highest BCUT2D eigenvalue weighted by atomic mass is 127. The van der Waals surface area contributed by atoms with Gasteiger partial charge < -0.3 is 16.0 Å². The lowest BCUT2D eigenvalue weighted by Gasteiger charge is -2.11. The van der Waals surface area contributed by atoms with Crippen LogP contribution in [0.2, 0.25) is 5.15 Å². The normalized spacial score (nSPS) is 10.7. The van der Waals surface area contributed by atoms with E-state index in [2.05, 4.69) is 25.9 Å². The van der Waals surface area contributed by atoms with Gasteiger partial charge in [0.1, 0.15) is 17.5 Å². The van der Waals surface area contributed by atoms with Crippen LogP contribution < -0.4 is 16.0 Å². The van der Waals surface area contributed by atoms with Gasteiger partial charge in [0.2, 0.25) is 5.91 Å². The molecule has 0 aliphatic carbocycles. The molecule has 27 heavy (non-hydrogen) atoms. The van der Waals surface area contributed by atoms with Crippen LogP contribution in [0, 0.1) is 5.82 Å². The molecule has 0 aliphatic rings. The van der Waals surface area contributed by atoms with E-state index in [1.807, 2.05) is 13.0 Å². The van der Waals surface area contributed by atoms with Gasteiger partial charge in [-0.2, -0.15) is 0 Å². The van der Waals surface area contributed by atoms with E-state index < -0.39 is 0 Å². The molecule has 1 heterocycles. The smallest absolute Gasteiger partial charge is 0.246 e. The number of hydrogen-bond acceptors (Lipinski definition) is 3. The van der Waals surface area contributed by atoms with E-state index in [1.165, 1.54) is 24.3 Å². The van der Waals surface area contributed by atoms with E-state index in [4.69, 9.17) is 11.6 Å². The molecule has 2 rings (SSSR count). The van der Waals surface area contributed by atoms with Gasteiger partial charge in [-0.1, -0.05) is 17.7 Å². The lowest BCUT2D eigenvalue weighted by Crippen LogP contribution is -2.39. The van der Waals surface area contributed by atoms with E-state index in [9.17, 15) is 9.18 Å². The molecule has 0 atom stereocenters. The predicted molar refractivity (Wildman–Crippen MR) is 117 cm³/mol. The summed E-state index contributed by atoms with van der Waals surface area (Å²) in [7, 11) is 0. The van der Waals surface area contributed by atoms with Gasteiger partial charge in [-0.25, -0.2) is 14.4 Å². The Morgan fingerprint density at radius 3 is 2.56 bits per heavy atom. The maximum absolute atomic E-state index is 12.9. The number of carbonyl (C=O) groups excluding carboxylic acids is 1. The minimum atomic E-state index is -0.351. The Morgan fingerprint density at radius 2 is 1.93 bits per heavy atom. The first-order chi connectivity index (χ1) is 12.6. The molecule has 9 heteroatoms. The number of aromatic nitrogens is 1. The van der Waals surface area contributed by atoms with Crippen LogP contribution in [-0.4, -0.2) is 36.5 Å². The highest BCUT2D eigenvalue weighted by Gasteiger charge is 2.04. The lowest BCUT2D eigenvalue weighted by atomic mass is 10.2. The van der Waals surface area contributed by atoms with Crippen LogP contribution in [0.25, 0.3) is 0 Å². The molecule has 1 aromatic carbocycles. The molecule has 0 bridgehead atoms. The fraction of sp³-hybridized carbons (Fsp3) is 0.278. The molecule has 3 N–H and O–H groups in total. The van der Waals surface area contributed by atoms with Gasteiger partial charge in [0.15, 0.2) is 5.96 Å². The van der Waals surface area contributed by atoms with Gasteiger partial charge in [0, 0.05) is 25.0 Å². The SMILES string of the molecule is CCNC(=NCC(=O)Nc1ccc(F)cc1)NCCc1ccc(Cl)nc1.I. The van der Waals surface area contributed by atoms with Crippen molar-refractivity contribution in [2.24, 2.45) is 4.99 Å². The molecule has 0 saturated carbocycles. The highest BCUT2D eigenvalue weighted by Crippen LogP contribution is 2.08. The summed E-state index contributed by atoms with van der Waals surface area (Å²) in [5.41, 5.74) is 1.58. The van der Waals surface area contributed by atoms with Crippen LogP contribution in [0.15, 0.2) is 47.6 Å². The number of nitrogens with zero attached hydrogens (tertiary/aromatic N) is 2. The Balaban J connectivity index is 0.00000364. The van der Waals surface area contributed by atoms with Crippen molar-refractivity contribution in [3.8, 4) is 0 Å². The molecular weight excluding hydrogens is 484 g/mol. The topological polar surface area (TPSA) is 78.4 Å². The van der Waals surface area contributed by atoms with E-state index >= 15 is 0 Å². The second-order valence-corrected chi connectivity index (χ2v) is 5.80. The Labute approximate surface area is 180 Å². The van der Waals surface area contributed by atoms with Crippen molar-refractivity contribution >= 4 is 53.1 Å². The van der Waals surface area contributed by atoms with Crippen molar-refractivity contribution in [3.63, 3.8) is 0 Å². The maximum atomic E-state index is 12.9. The first kappa shape index (κ1) is 23.1. The Morgan fingerprint density at radius 1 is 1.19 bits per heavy atom. The molecule has 6 nitrogen and oxygen atoms in total. The minimum Gasteiger partial charge on any atom is -0.357 e. The number of nitrogens with one attached hydrogen (secondary N) is 3. The first-order valence-electron chi connectivity index (χ1n) is 8.25. The summed E-state index contributed by atoms with van der Waals surface area (Å²) in [5, 5.41) is 9.36. The third-order valence-electron chi connectivity index (χ3n) is 3.35. The number of amides is 1. The summed E-state index contributed by atoms with van der Waals surface area (Å²) < 4.78 is 12.9. The number of pyridine rings is 1. The quantitative estimate of drug-likeness (QED) is 0.234. The zero-order chi connectivity index (χ0) is 18.8. The lowest BCUT2D eigenvalue weighted by molar-refractivity contribution is -0.114. The van der Waals surface area contributed by atoms with Crippen LogP contribution >= 0.6 is 35.6 Å². The zero-order valence-corrected chi connectivity index (χ0v) is 17.9. The average Bonchev–Trinajstić information content (AvgIpc) is 2.63. The number of rotatable bonds is 7. The Hall–Kier alpha value is -1.94. The van der Waals surface area contributed by atoms with Crippen molar-refractivity contribution in [2.45, 2.75) is 13.3 Å². The largest absolute Gasteiger partial charge is 0.357 e. The summed E-state index contributed by atoms with van der Waals surface area (Å²) in [6, 6.07) is 9.24. The van der Waals surface area contributed by atoms with Gasteiger partial charge >= 0.3 is 0 Å². The number of anilines is 1. The number of benzene rings is 1. The number of guanidine groups is 1. The predicted octanol–water partition coefficient (Wildman–Crippen LogP) is 3.23. The maximum Gasteiger partial charge on any atom is 0.246 e. The molecule has 0 saturated heterocycles. The fourth-order valence-corrected chi connectivity index (χ4v) is 2.22. The summed E-state index contributed by atoms with van der Waals surface area (Å²) in [4.78, 5) is 20.2. The summed E-state index contributed by atoms with van der Waals surface area (Å²) in [6.07, 6.45) is 2.47. The minimum absolute atomic E-state index is 0. The molecule has 1 aromatic heterocycles. The van der Waals surface area contributed by atoms with Crippen molar-refractivity contribution in [3.05, 3.63) is 59.1 Å². The first-order valence-corrected chi connectivity index (χ1v) is 8.62. The fourth-order valence-electron chi connectivity index (χ4n) is 2.11. The van der Waals surface area contributed by atoms with Crippen molar-refractivity contribution in [1.29, 1.82) is 0 Å². The van der Waals surface area contributed by atoms with Crippen LogP contribution in [0.1, 0.15) is 12.5 Å². The standard InChI is InChI=1S/C18H21ClFN5O.HI/c1-2-21-18(22-10-9-13-3-8-16(19)23-11-13)24-12-17(26)25-15-6-4-14(20)5-7-15;/h3-8,11H,2,9-10,12H2,1H3,(H,25,26)(H2,21,22,24);1H. The van der Waals surface area contributed by atoms with Crippen molar-refractivity contribution in [2.75, 3.05) is 25.0 Å². The highest BCUT2D eigenvalue weighted by molar-refractivity contribution is 14.0. The number of hydrogen-bond donors (Lipinski definition) is 3. The Bertz CT molecular complexity index is 740. The van der Waals surface area contributed by atoms with Crippen molar-refractivity contribution in [1.82, 2.24) is 15.6 Å². The molecule has 2 aromatic rings. The molecule has 0 aliphatic heterocycles. The van der Waals surface area contributed by atoms with E-state index in [1.54, 1.807) is 12.3 Å². The summed E-state index contributed by atoms with van der Waals surface area (Å²) in [5.74, 6) is -0.0880. The summed E-state index contributed by atoms with van der Waals surface area (Å²) >= 11 is 5.76. The van der Waals surface area contributed by atoms with Gasteiger partial charge in [-0.05, 0) is 49.2 Å². The third kappa shape index (κ3) is 9.00. The molecule has 0 spiro atoms. The van der Waals surface area contributed by atoms with Crippen LogP contribution in [0.3, 0.4) is 0 Å². The number of aliphatic imine (C=N–C) groups is 1. The second-order valence-electron chi connectivity index (χ2n) is 5.42. The van der Waals surface area contributed by atoms with Crippen LogP contribution in [-0.2, 0) is 11.2 Å². The second kappa shape index (κ2) is 12.4. The van der Waals surface area contributed by atoms with Gasteiger partial charge in [0.05, 0.1) is 0 Å². The molecule has 146 valence electrons. The van der Waals surface area contributed by atoms with E-state index in [-0.39, 0.29) is 42.2 Å². The molecular formula is C18H22ClFIN5O. The zero-order valence-electron chi connectivity index (χ0n) is 14.8. The summed E-state index contributed by atoms with van der Waals surface area (Å²) in [6.45, 7) is 3.21. The number of halogens is 3. The Kier molecular flexibility index (Phi) is 10.6. The van der Waals surface area contributed by atoms with E-state index in [0.29, 0.717) is 29.9 Å². The van der Waals surface area contributed by atoms with Gasteiger partial charge in [-0.15, -0.1) is 24.0 Å². The molecule has 0 unspecified atom stereocenters. The van der Waals surface area contributed by atoms with Gasteiger partial charge in [0.25, 0.3) is 0 Å². The van der Waals surface area contributed by atoms with Gasteiger partial charge in [-0.3, -0.25) is 4.79 Å². The third-order valence-corrected chi connectivity index (χ3v) is 3.57. The molecule has 0 radical (unpaired) electrons. The average molecular weight is 506 g/mol. The molecule has 1 amide bonds. The molecule has 0 fully saturated rings. The number of carbonyl (C=O) groups is 1. The monoisotopic (exact) mass is 505 g/mol. The van der Waals surface area contributed by atoms with Crippen LogP contribution in [0.4, 0.5) is 10.1 Å². The van der Waals surface area contributed by atoms with E-state index in [0.717, 1.165) is 12.0 Å².